The lowest BCUT2D eigenvalue weighted by Crippen LogP contribution is -2.11. The van der Waals surface area contributed by atoms with Crippen molar-refractivity contribution in [3.63, 3.8) is 0 Å². The number of rotatable bonds is 2. The Kier molecular flexibility index (Phi) is 2.93. The van der Waals surface area contributed by atoms with Crippen LogP contribution in [0.25, 0.3) is 11.0 Å². The van der Waals surface area contributed by atoms with Crippen molar-refractivity contribution >= 4 is 16.9 Å². The molecule has 1 saturated carbocycles. The summed E-state index contributed by atoms with van der Waals surface area (Å²) in [5.74, 6) is 0.575. The summed E-state index contributed by atoms with van der Waals surface area (Å²) in [7, 11) is 1.79. The van der Waals surface area contributed by atoms with E-state index in [1.807, 2.05) is 0 Å². The van der Waals surface area contributed by atoms with Gasteiger partial charge in [-0.25, -0.2) is 9.97 Å². The first-order valence-electron chi connectivity index (χ1n) is 6.73. The van der Waals surface area contributed by atoms with E-state index in [0.29, 0.717) is 18.0 Å². The zero-order valence-electron chi connectivity index (χ0n) is 11.7. The van der Waals surface area contributed by atoms with Gasteiger partial charge in [-0.05, 0) is 38.7 Å². The van der Waals surface area contributed by atoms with Gasteiger partial charge in [0.25, 0.3) is 0 Å². The second-order valence-corrected chi connectivity index (χ2v) is 5.36. The van der Waals surface area contributed by atoms with Gasteiger partial charge in [0, 0.05) is 18.8 Å². The summed E-state index contributed by atoms with van der Waals surface area (Å²) >= 11 is 0. The largest absolute Gasteiger partial charge is 0.383 e. The fourth-order valence-electron chi connectivity index (χ4n) is 3.27. The standard InChI is InChI=1S/C14H20N4O/c1-8-9(2)18(10-4-5-11(6-10)19-3)14-12(8)13(15)16-7-17-14/h7,10-11H,4-6H2,1-3H3,(H2,15,16,17). The molecular weight excluding hydrogens is 240 g/mol. The highest BCUT2D eigenvalue weighted by molar-refractivity contribution is 5.90. The Labute approximate surface area is 112 Å². The predicted octanol–water partition coefficient (Wildman–Crippen LogP) is 2.37. The zero-order valence-corrected chi connectivity index (χ0v) is 11.7. The molecule has 2 aromatic heterocycles. The molecule has 2 atom stereocenters. The van der Waals surface area contributed by atoms with Crippen LogP contribution in [0.15, 0.2) is 6.33 Å². The Balaban J connectivity index is 2.14. The molecule has 2 unspecified atom stereocenters. The van der Waals surface area contributed by atoms with Crippen LogP contribution in [0.3, 0.4) is 0 Å². The second-order valence-electron chi connectivity index (χ2n) is 5.36. The fourth-order valence-corrected chi connectivity index (χ4v) is 3.27. The summed E-state index contributed by atoms with van der Waals surface area (Å²) in [6, 6.07) is 0.454. The van der Waals surface area contributed by atoms with E-state index < -0.39 is 0 Å². The SMILES string of the molecule is COC1CCC(n2c(C)c(C)c3c(N)ncnc32)C1. The van der Waals surface area contributed by atoms with Gasteiger partial charge >= 0.3 is 0 Å². The molecule has 1 aliphatic carbocycles. The van der Waals surface area contributed by atoms with Crippen molar-refractivity contribution in [3.05, 3.63) is 17.6 Å². The molecule has 2 aromatic rings. The summed E-state index contributed by atoms with van der Waals surface area (Å²) in [5, 5.41) is 1.00. The summed E-state index contributed by atoms with van der Waals surface area (Å²) < 4.78 is 7.80. The van der Waals surface area contributed by atoms with Crippen LogP contribution in [0.4, 0.5) is 5.82 Å². The first-order valence-corrected chi connectivity index (χ1v) is 6.73. The molecule has 0 aromatic carbocycles. The maximum absolute atomic E-state index is 6.00. The van der Waals surface area contributed by atoms with Crippen LogP contribution in [-0.2, 0) is 4.74 Å². The first-order chi connectivity index (χ1) is 9.13. The van der Waals surface area contributed by atoms with E-state index in [1.165, 1.54) is 11.3 Å². The van der Waals surface area contributed by atoms with E-state index in [4.69, 9.17) is 10.5 Å². The number of fused-ring (bicyclic) bond motifs is 1. The Morgan fingerprint density at radius 2 is 2.11 bits per heavy atom. The molecule has 19 heavy (non-hydrogen) atoms. The smallest absolute Gasteiger partial charge is 0.146 e. The van der Waals surface area contributed by atoms with Crippen LogP contribution < -0.4 is 5.73 Å². The van der Waals surface area contributed by atoms with Gasteiger partial charge in [-0.3, -0.25) is 0 Å². The molecule has 5 nitrogen and oxygen atoms in total. The first kappa shape index (κ1) is 12.4. The highest BCUT2D eigenvalue weighted by Crippen LogP contribution is 2.37. The highest BCUT2D eigenvalue weighted by atomic mass is 16.5. The number of nitrogens with two attached hydrogens (primary N) is 1. The summed E-state index contributed by atoms with van der Waals surface area (Å²) in [6.45, 7) is 4.23. The van der Waals surface area contributed by atoms with E-state index in [1.54, 1.807) is 13.4 Å². The number of anilines is 1. The number of hydrogen-bond acceptors (Lipinski definition) is 4. The third-order valence-electron chi connectivity index (χ3n) is 4.42. The number of hydrogen-bond donors (Lipinski definition) is 1. The Morgan fingerprint density at radius 3 is 2.79 bits per heavy atom. The fraction of sp³-hybridized carbons (Fsp3) is 0.571. The quantitative estimate of drug-likeness (QED) is 0.900. The van der Waals surface area contributed by atoms with Gasteiger partial charge in [0.05, 0.1) is 11.5 Å². The van der Waals surface area contributed by atoms with Gasteiger partial charge in [0.1, 0.15) is 17.8 Å². The number of ether oxygens (including phenoxy) is 1. The molecule has 2 N–H and O–H groups in total. The lowest BCUT2D eigenvalue weighted by molar-refractivity contribution is 0.106. The average Bonchev–Trinajstić information content (AvgIpc) is 2.95. The third-order valence-corrected chi connectivity index (χ3v) is 4.42. The number of methoxy groups -OCH3 is 1. The lowest BCUT2D eigenvalue weighted by Gasteiger charge is -2.16. The van der Waals surface area contributed by atoms with Crippen molar-refractivity contribution in [1.29, 1.82) is 0 Å². The van der Waals surface area contributed by atoms with Crippen molar-refractivity contribution in [3.8, 4) is 0 Å². The maximum atomic E-state index is 6.00. The zero-order chi connectivity index (χ0) is 13.6. The van der Waals surface area contributed by atoms with E-state index in [-0.39, 0.29) is 0 Å². The molecule has 0 spiro atoms. The van der Waals surface area contributed by atoms with Gasteiger partial charge in [0.15, 0.2) is 0 Å². The van der Waals surface area contributed by atoms with E-state index in [2.05, 4.69) is 28.4 Å². The molecule has 2 heterocycles. The van der Waals surface area contributed by atoms with E-state index >= 15 is 0 Å². The number of aromatic nitrogens is 3. The third kappa shape index (κ3) is 1.80. The van der Waals surface area contributed by atoms with Gasteiger partial charge in [-0.15, -0.1) is 0 Å². The normalized spacial score (nSPS) is 23.3. The van der Waals surface area contributed by atoms with Crippen molar-refractivity contribution < 1.29 is 4.74 Å². The monoisotopic (exact) mass is 260 g/mol. The maximum Gasteiger partial charge on any atom is 0.146 e. The molecule has 1 fully saturated rings. The molecule has 0 radical (unpaired) electrons. The Morgan fingerprint density at radius 1 is 1.32 bits per heavy atom. The Bertz CT molecular complexity index is 619. The minimum Gasteiger partial charge on any atom is -0.383 e. The summed E-state index contributed by atoms with van der Waals surface area (Å²) in [5.41, 5.74) is 9.39. The molecule has 3 rings (SSSR count). The molecule has 5 heteroatoms. The van der Waals surface area contributed by atoms with E-state index in [9.17, 15) is 0 Å². The lowest BCUT2D eigenvalue weighted by atomic mass is 10.2. The molecular formula is C14H20N4O. The van der Waals surface area contributed by atoms with Crippen LogP contribution in [-0.4, -0.2) is 27.7 Å². The van der Waals surface area contributed by atoms with Gasteiger partial charge in [-0.1, -0.05) is 0 Å². The Hall–Kier alpha value is -1.62. The molecule has 0 aliphatic heterocycles. The molecule has 102 valence electrons. The number of aryl methyl sites for hydroxylation is 1. The number of nitrogens with zero attached hydrogens (tertiary/aromatic N) is 3. The van der Waals surface area contributed by atoms with Crippen LogP contribution in [0, 0.1) is 13.8 Å². The molecule has 0 bridgehead atoms. The van der Waals surface area contributed by atoms with Crippen LogP contribution in [0.1, 0.15) is 36.6 Å². The number of nitrogen functional groups attached to an aromatic ring is 1. The highest BCUT2D eigenvalue weighted by Gasteiger charge is 2.29. The molecule has 0 saturated heterocycles. The van der Waals surface area contributed by atoms with Gasteiger partial charge in [-0.2, -0.15) is 0 Å². The second kappa shape index (κ2) is 4.49. The minimum atomic E-state index is 0.362. The van der Waals surface area contributed by atoms with Gasteiger partial charge in [0.2, 0.25) is 0 Å². The predicted molar refractivity (Wildman–Crippen MR) is 75.1 cm³/mol. The van der Waals surface area contributed by atoms with Crippen LogP contribution in [0.5, 0.6) is 0 Å². The van der Waals surface area contributed by atoms with Crippen molar-refractivity contribution in [2.75, 3.05) is 12.8 Å². The van der Waals surface area contributed by atoms with Crippen molar-refractivity contribution in [2.24, 2.45) is 0 Å². The van der Waals surface area contributed by atoms with Crippen LogP contribution >= 0.6 is 0 Å². The van der Waals surface area contributed by atoms with Gasteiger partial charge < -0.3 is 15.0 Å². The topological polar surface area (TPSA) is 66.0 Å². The molecule has 1 aliphatic rings. The van der Waals surface area contributed by atoms with Crippen molar-refractivity contribution in [2.45, 2.75) is 45.3 Å². The van der Waals surface area contributed by atoms with Crippen molar-refractivity contribution in [1.82, 2.24) is 14.5 Å². The molecule has 0 amide bonds. The summed E-state index contributed by atoms with van der Waals surface area (Å²) in [6.07, 6.45) is 5.20. The minimum absolute atomic E-state index is 0.362. The van der Waals surface area contributed by atoms with Crippen LogP contribution in [0.2, 0.25) is 0 Å². The summed E-state index contributed by atoms with van der Waals surface area (Å²) in [4.78, 5) is 8.56. The average molecular weight is 260 g/mol. The van der Waals surface area contributed by atoms with E-state index in [0.717, 1.165) is 30.3 Å².